The summed E-state index contributed by atoms with van der Waals surface area (Å²) in [6.07, 6.45) is 0. The van der Waals surface area contributed by atoms with Gasteiger partial charge in [-0.05, 0) is 0 Å². The standard InChI is InChI=1S/BH3.Fe.Ni.Rb.H/h1H3;;;;. The number of hydrogen-bond donors (Lipinski definition) is 0. The second kappa shape index (κ2) is 16.9. The van der Waals surface area contributed by atoms with Crippen molar-refractivity contribution in [1.82, 2.24) is 0 Å². The summed E-state index contributed by atoms with van der Waals surface area (Å²) in [5.74, 6) is 0. The molecule has 4 heavy (non-hydrogen) atoms. The Labute approximate surface area is 97.6 Å². The van der Waals surface area contributed by atoms with Crippen LogP contribution < -0.4 is 0 Å². The Balaban J connectivity index is 0. The van der Waals surface area contributed by atoms with Gasteiger partial charge in [-0.25, -0.2) is 0 Å². The van der Waals surface area contributed by atoms with Crippen LogP contribution in [0.15, 0.2) is 0 Å². The molecule has 0 aliphatic heterocycles. The van der Waals surface area contributed by atoms with Crippen LogP contribution >= 0.6 is 0 Å². The maximum absolute atomic E-state index is 0. The Morgan fingerprint density at radius 1 is 1.00 bits per heavy atom. The molecule has 0 bridgehead atoms. The van der Waals surface area contributed by atoms with Crippen LogP contribution in [-0.4, -0.2) is 66.6 Å². The van der Waals surface area contributed by atoms with Crippen molar-refractivity contribution < 1.29 is 33.6 Å². The van der Waals surface area contributed by atoms with Gasteiger partial charge in [0.25, 0.3) is 0 Å². The molecule has 0 atom stereocenters. The number of rotatable bonds is 0. The van der Waals surface area contributed by atoms with Gasteiger partial charge in [-0.3, -0.25) is 0 Å². The molecule has 0 nitrogen and oxygen atoms in total. The summed E-state index contributed by atoms with van der Waals surface area (Å²) in [6, 6.07) is 0. The van der Waals surface area contributed by atoms with Gasteiger partial charge in [0.05, 0.1) is 8.41 Å². The van der Waals surface area contributed by atoms with E-state index in [9.17, 15) is 0 Å². The average molecular weight is 215 g/mol. The van der Waals surface area contributed by atoms with Crippen LogP contribution in [0.4, 0.5) is 0 Å². The van der Waals surface area contributed by atoms with Crippen LogP contribution in [0.1, 0.15) is 0 Å². The molecule has 0 radical (unpaired) electrons. The Kier molecular flexibility index (Phi) is 121. The van der Waals surface area contributed by atoms with Crippen LogP contribution in [-0.2, 0) is 33.6 Å². The van der Waals surface area contributed by atoms with E-state index in [0.717, 1.165) is 0 Å². The van der Waals surface area contributed by atoms with Gasteiger partial charge in [0.15, 0.2) is 0 Å². The summed E-state index contributed by atoms with van der Waals surface area (Å²) in [5, 5.41) is 0. The van der Waals surface area contributed by atoms with Crippen molar-refractivity contribution >= 4 is 66.6 Å². The van der Waals surface area contributed by atoms with E-state index in [1.165, 1.54) is 0 Å². The quantitative estimate of drug-likeness (QED) is 0.416. The van der Waals surface area contributed by atoms with Gasteiger partial charge in [0.2, 0.25) is 0 Å². The van der Waals surface area contributed by atoms with E-state index in [4.69, 9.17) is 0 Å². The third-order valence-corrected chi connectivity index (χ3v) is 0. The van der Waals surface area contributed by atoms with Crippen molar-refractivity contribution in [2.24, 2.45) is 0 Å². The normalized spacial score (nSPS) is 0. The molecular weight excluding hydrogens is 211 g/mol. The fourth-order valence-electron chi connectivity index (χ4n) is 0. The Morgan fingerprint density at radius 3 is 1.00 bits per heavy atom. The van der Waals surface area contributed by atoms with E-state index in [1.54, 1.807) is 0 Å². The van der Waals surface area contributed by atoms with E-state index in [-0.39, 0.29) is 100 Å². The van der Waals surface area contributed by atoms with Crippen LogP contribution in [0.5, 0.6) is 0 Å². The predicted octanol–water partition coefficient (Wildman–Crippen LogP) is -1.84. The summed E-state index contributed by atoms with van der Waals surface area (Å²) < 4.78 is 0. The molecule has 0 aromatic rings. The van der Waals surface area contributed by atoms with Gasteiger partial charge in [-0.1, -0.05) is 0 Å². The predicted molar refractivity (Wildman–Crippen MR) is 17.1 cm³/mol. The summed E-state index contributed by atoms with van der Waals surface area (Å²) in [5.41, 5.74) is 0. The van der Waals surface area contributed by atoms with E-state index in [1.807, 2.05) is 0 Å². The third kappa shape index (κ3) is 8.86. The molecule has 26 valence electrons. The molecule has 0 aromatic heterocycles. The van der Waals surface area contributed by atoms with E-state index in [2.05, 4.69) is 0 Å². The van der Waals surface area contributed by atoms with Crippen molar-refractivity contribution in [1.29, 1.82) is 0 Å². The Morgan fingerprint density at radius 2 is 1.00 bits per heavy atom. The molecule has 0 spiro atoms. The van der Waals surface area contributed by atoms with Crippen LogP contribution in [0.2, 0.25) is 0 Å². The molecule has 4 heteroatoms. The van der Waals surface area contributed by atoms with Gasteiger partial charge in [-0.2, -0.15) is 0 Å². The summed E-state index contributed by atoms with van der Waals surface area (Å²) in [6.45, 7) is 0. The monoisotopic (exact) mass is 214 g/mol. The van der Waals surface area contributed by atoms with Gasteiger partial charge in [0.1, 0.15) is 0 Å². The van der Waals surface area contributed by atoms with Crippen molar-refractivity contribution in [3.63, 3.8) is 0 Å². The van der Waals surface area contributed by atoms with Crippen molar-refractivity contribution in [2.45, 2.75) is 0 Å². The summed E-state index contributed by atoms with van der Waals surface area (Å²) in [7, 11) is 0. The zero-order valence-electron chi connectivity index (χ0n) is 0.670. The second-order valence-corrected chi connectivity index (χ2v) is 0. The van der Waals surface area contributed by atoms with Crippen molar-refractivity contribution in [2.75, 3.05) is 0 Å². The van der Waals surface area contributed by atoms with E-state index >= 15 is 0 Å². The molecule has 0 aromatic carbocycles. The van der Waals surface area contributed by atoms with Crippen LogP contribution in [0.3, 0.4) is 0 Å². The molecule has 0 rings (SSSR count). The first-order valence-corrected chi connectivity index (χ1v) is 0. The first kappa shape index (κ1) is 28.7. The molecular formula is H4BFeNiRb. The maximum atomic E-state index is 0. The van der Waals surface area contributed by atoms with Crippen molar-refractivity contribution in [3.8, 4) is 0 Å². The molecule has 0 amide bonds. The first-order valence-electron chi connectivity index (χ1n) is 0. The molecule has 0 unspecified atom stereocenters. The topological polar surface area (TPSA) is 0 Å². The molecule has 0 N–H and O–H groups in total. The first-order chi connectivity index (χ1) is 0. The Hall–Kier alpha value is 2.88. The Bertz CT molecular complexity index is 8.00. The van der Waals surface area contributed by atoms with Gasteiger partial charge in [-0.15, -0.1) is 0 Å². The zero-order valence-corrected chi connectivity index (χ0v) is 2.76. The molecule has 0 saturated heterocycles. The molecule has 0 aliphatic carbocycles. The van der Waals surface area contributed by atoms with Crippen molar-refractivity contribution in [3.05, 3.63) is 0 Å². The number of hydrogen-bond acceptors (Lipinski definition) is 0. The second-order valence-electron chi connectivity index (χ2n) is 0. The van der Waals surface area contributed by atoms with Gasteiger partial charge < -0.3 is 0 Å². The summed E-state index contributed by atoms with van der Waals surface area (Å²) in [4.78, 5) is 0. The SMILES string of the molecule is B.[Fe].[Ni].[RbH]. The van der Waals surface area contributed by atoms with Gasteiger partial charge >= 0.3 is 58.2 Å². The fraction of sp³-hybridized carbons (Fsp3) is 0. The van der Waals surface area contributed by atoms with Crippen LogP contribution in [0.25, 0.3) is 0 Å². The molecule has 0 saturated carbocycles. The third-order valence-electron chi connectivity index (χ3n) is 0. The zero-order chi connectivity index (χ0) is 0. The average Bonchev–Trinajstić information content (AvgIpc) is 0. The van der Waals surface area contributed by atoms with Crippen LogP contribution in [0, 0.1) is 0 Å². The molecule has 0 heterocycles. The van der Waals surface area contributed by atoms with E-state index in [0.29, 0.717) is 0 Å². The fourth-order valence-corrected chi connectivity index (χ4v) is 0. The minimum absolute atomic E-state index is 0. The van der Waals surface area contributed by atoms with Gasteiger partial charge in [0, 0.05) is 33.6 Å². The summed E-state index contributed by atoms with van der Waals surface area (Å²) >= 11 is 0. The minimum atomic E-state index is 0. The molecule has 0 fully saturated rings. The molecule has 0 aliphatic rings. The van der Waals surface area contributed by atoms with E-state index < -0.39 is 0 Å².